The zero-order chi connectivity index (χ0) is 20.2. The van der Waals surface area contributed by atoms with Crippen LogP contribution >= 0.6 is 0 Å². The van der Waals surface area contributed by atoms with E-state index >= 15 is 0 Å². The van der Waals surface area contributed by atoms with Gasteiger partial charge in [0.25, 0.3) is 0 Å². The predicted octanol–water partition coefficient (Wildman–Crippen LogP) is 3.84. The number of aromatic amines is 1. The Bertz CT molecular complexity index is 983. The van der Waals surface area contributed by atoms with Crippen LogP contribution in [0.25, 0.3) is 22.0 Å². The van der Waals surface area contributed by atoms with Crippen LogP contribution in [0.15, 0.2) is 42.5 Å². The van der Waals surface area contributed by atoms with Gasteiger partial charge in [-0.15, -0.1) is 0 Å². The number of carbonyl (C=O) groups is 1. The Hall–Kier alpha value is -3.06. The Morgan fingerprint density at radius 3 is 2.79 bits per heavy atom. The second-order valence-electron chi connectivity index (χ2n) is 7.32. The van der Waals surface area contributed by atoms with E-state index in [1.54, 1.807) is 7.11 Å². The molecule has 0 aliphatic carbocycles. The monoisotopic (exact) mass is 393 g/mol. The third kappa shape index (κ3) is 4.19. The van der Waals surface area contributed by atoms with Crippen LogP contribution in [0.5, 0.6) is 5.75 Å². The van der Waals surface area contributed by atoms with Crippen LogP contribution in [0.1, 0.15) is 19.8 Å². The van der Waals surface area contributed by atoms with Gasteiger partial charge >= 0.3 is 6.03 Å². The minimum Gasteiger partial charge on any atom is -0.497 e. The number of H-pyrrole nitrogens is 1. The zero-order valence-electron chi connectivity index (χ0n) is 16.9. The van der Waals surface area contributed by atoms with E-state index in [1.165, 1.54) is 6.42 Å². The number of rotatable bonds is 6. The summed E-state index contributed by atoms with van der Waals surface area (Å²) in [4.78, 5) is 14.8. The summed E-state index contributed by atoms with van der Waals surface area (Å²) in [6.07, 6.45) is 2.33. The van der Waals surface area contributed by atoms with Gasteiger partial charge in [0.15, 0.2) is 5.82 Å². The van der Waals surface area contributed by atoms with Gasteiger partial charge in [0, 0.05) is 18.0 Å². The maximum atomic E-state index is 12.3. The Labute approximate surface area is 170 Å². The van der Waals surface area contributed by atoms with Crippen LogP contribution in [-0.4, -0.2) is 53.9 Å². The molecule has 4 rings (SSSR count). The van der Waals surface area contributed by atoms with E-state index in [0.717, 1.165) is 47.3 Å². The maximum absolute atomic E-state index is 12.3. The molecule has 3 aromatic rings. The van der Waals surface area contributed by atoms with Gasteiger partial charge < -0.3 is 10.1 Å². The van der Waals surface area contributed by atoms with E-state index in [1.807, 2.05) is 42.5 Å². The number of aromatic nitrogens is 2. The van der Waals surface area contributed by atoms with Crippen molar-refractivity contribution in [3.8, 4) is 16.9 Å². The van der Waals surface area contributed by atoms with E-state index in [0.29, 0.717) is 18.4 Å². The molecule has 29 heavy (non-hydrogen) atoms. The summed E-state index contributed by atoms with van der Waals surface area (Å²) in [5, 5.41) is 14.0. The molecule has 1 atom stereocenters. The minimum absolute atomic E-state index is 0.222. The number of carbonyl (C=O) groups excluding carboxylic acids is 1. The van der Waals surface area contributed by atoms with Gasteiger partial charge in [-0.25, -0.2) is 4.79 Å². The number of ether oxygens (including phenoxy) is 1. The van der Waals surface area contributed by atoms with Gasteiger partial charge in [0.2, 0.25) is 0 Å². The summed E-state index contributed by atoms with van der Waals surface area (Å²) < 4.78 is 5.22. The van der Waals surface area contributed by atoms with E-state index in [4.69, 9.17) is 4.74 Å². The van der Waals surface area contributed by atoms with Gasteiger partial charge in [-0.3, -0.25) is 15.3 Å². The molecular formula is C22H27N5O2. The van der Waals surface area contributed by atoms with Gasteiger partial charge in [-0.2, -0.15) is 5.10 Å². The number of likely N-dealkylation sites (N-methyl/N-ethyl adjacent to an activating group) is 1. The topological polar surface area (TPSA) is 82.3 Å². The highest BCUT2D eigenvalue weighted by Gasteiger charge is 2.23. The van der Waals surface area contributed by atoms with Crippen molar-refractivity contribution in [3.05, 3.63) is 42.5 Å². The van der Waals surface area contributed by atoms with Gasteiger partial charge in [0.05, 0.1) is 12.6 Å². The van der Waals surface area contributed by atoms with Crippen molar-refractivity contribution >= 4 is 22.8 Å². The van der Waals surface area contributed by atoms with E-state index in [2.05, 4.69) is 32.7 Å². The SMILES string of the molecule is CCN1CCCC1CNC(=O)Nc1n[nH]c2cc(-c3ccc(OC)cc3)ccc12. The molecule has 3 N–H and O–H groups in total. The molecule has 7 nitrogen and oxygen atoms in total. The first-order valence-electron chi connectivity index (χ1n) is 10.1. The van der Waals surface area contributed by atoms with Crippen molar-refractivity contribution in [1.29, 1.82) is 0 Å². The highest BCUT2D eigenvalue weighted by molar-refractivity contribution is 6.00. The fourth-order valence-corrected chi connectivity index (χ4v) is 3.98. The number of amides is 2. The smallest absolute Gasteiger partial charge is 0.320 e. The van der Waals surface area contributed by atoms with Crippen molar-refractivity contribution in [3.63, 3.8) is 0 Å². The highest BCUT2D eigenvalue weighted by atomic mass is 16.5. The molecule has 2 aromatic carbocycles. The lowest BCUT2D eigenvalue weighted by molar-refractivity contribution is 0.238. The highest BCUT2D eigenvalue weighted by Crippen LogP contribution is 2.28. The summed E-state index contributed by atoms with van der Waals surface area (Å²) in [6.45, 7) is 4.96. The molecule has 1 saturated heterocycles. The molecule has 1 unspecified atom stereocenters. The average Bonchev–Trinajstić information content (AvgIpc) is 3.38. The Morgan fingerprint density at radius 1 is 1.24 bits per heavy atom. The van der Waals surface area contributed by atoms with Crippen molar-refractivity contribution in [2.75, 3.05) is 32.1 Å². The summed E-state index contributed by atoms with van der Waals surface area (Å²) in [5.41, 5.74) is 3.04. The summed E-state index contributed by atoms with van der Waals surface area (Å²) in [7, 11) is 1.66. The Kier molecular flexibility index (Phi) is 5.67. The van der Waals surface area contributed by atoms with Gasteiger partial charge in [0.1, 0.15) is 5.75 Å². The summed E-state index contributed by atoms with van der Waals surface area (Å²) in [6, 6.07) is 14.2. The molecule has 2 heterocycles. The molecule has 152 valence electrons. The van der Waals surface area contributed by atoms with Crippen LogP contribution in [-0.2, 0) is 0 Å². The molecule has 7 heteroatoms. The largest absolute Gasteiger partial charge is 0.497 e. The van der Waals surface area contributed by atoms with Crippen molar-refractivity contribution in [2.24, 2.45) is 0 Å². The van der Waals surface area contributed by atoms with E-state index in [9.17, 15) is 4.79 Å². The molecule has 0 saturated carbocycles. The quantitative estimate of drug-likeness (QED) is 0.594. The van der Waals surface area contributed by atoms with Crippen LogP contribution in [0, 0.1) is 0 Å². The van der Waals surface area contributed by atoms with Crippen LogP contribution in [0.4, 0.5) is 10.6 Å². The number of urea groups is 1. The number of methoxy groups -OCH3 is 1. The Morgan fingerprint density at radius 2 is 2.03 bits per heavy atom. The fraction of sp³-hybridized carbons (Fsp3) is 0.364. The third-order valence-corrected chi connectivity index (χ3v) is 5.62. The number of benzene rings is 2. The molecule has 1 aliphatic heterocycles. The molecule has 2 amide bonds. The van der Waals surface area contributed by atoms with Crippen LogP contribution < -0.4 is 15.4 Å². The summed E-state index contributed by atoms with van der Waals surface area (Å²) in [5.74, 6) is 1.37. The zero-order valence-corrected chi connectivity index (χ0v) is 16.9. The standard InChI is InChI=1S/C22H27N5O2/c1-3-27-12-4-5-17(27)14-23-22(28)24-21-19-11-8-16(13-20(19)25-26-21)15-6-9-18(29-2)10-7-15/h6-11,13,17H,3-5,12,14H2,1-2H3,(H3,23,24,25,26,28). The lowest BCUT2D eigenvalue weighted by Crippen LogP contribution is -2.41. The first-order chi connectivity index (χ1) is 14.2. The van der Waals surface area contributed by atoms with Gasteiger partial charge in [-0.05, 0) is 61.3 Å². The van der Waals surface area contributed by atoms with Crippen LogP contribution in [0.3, 0.4) is 0 Å². The predicted molar refractivity (Wildman–Crippen MR) is 115 cm³/mol. The molecular weight excluding hydrogens is 366 g/mol. The van der Waals surface area contributed by atoms with Crippen LogP contribution in [0.2, 0.25) is 0 Å². The molecule has 1 aliphatic rings. The fourth-order valence-electron chi connectivity index (χ4n) is 3.98. The van der Waals surface area contributed by atoms with E-state index in [-0.39, 0.29) is 6.03 Å². The first-order valence-corrected chi connectivity index (χ1v) is 10.1. The second-order valence-corrected chi connectivity index (χ2v) is 7.32. The van der Waals surface area contributed by atoms with Crippen molar-refractivity contribution in [1.82, 2.24) is 20.4 Å². The summed E-state index contributed by atoms with van der Waals surface area (Å²) >= 11 is 0. The third-order valence-electron chi connectivity index (χ3n) is 5.62. The lowest BCUT2D eigenvalue weighted by atomic mass is 10.0. The number of nitrogens with one attached hydrogen (secondary N) is 3. The normalized spacial score (nSPS) is 16.8. The average molecular weight is 393 g/mol. The number of hydrogen-bond acceptors (Lipinski definition) is 4. The maximum Gasteiger partial charge on any atom is 0.320 e. The molecule has 0 bridgehead atoms. The minimum atomic E-state index is -0.222. The molecule has 0 spiro atoms. The molecule has 1 fully saturated rings. The van der Waals surface area contributed by atoms with Gasteiger partial charge in [-0.1, -0.05) is 25.1 Å². The lowest BCUT2D eigenvalue weighted by Gasteiger charge is -2.22. The number of anilines is 1. The van der Waals surface area contributed by atoms with Crippen molar-refractivity contribution in [2.45, 2.75) is 25.8 Å². The number of hydrogen-bond donors (Lipinski definition) is 3. The number of likely N-dealkylation sites (tertiary alicyclic amines) is 1. The Balaban J connectivity index is 1.42. The number of nitrogens with zero attached hydrogens (tertiary/aromatic N) is 2. The number of fused-ring (bicyclic) bond motifs is 1. The van der Waals surface area contributed by atoms with E-state index < -0.39 is 0 Å². The second kappa shape index (κ2) is 8.53. The van der Waals surface area contributed by atoms with Crippen molar-refractivity contribution < 1.29 is 9.53 Å². The first kappa shape index (κ1) is 19.3. The molecule has 0 radical (unpaired) electrons. The molecule has 1 aromatic heterocycles.